The van der Waals surface area contributed by atoms with Gasteiger partial charge in [-0.05, 0) is 26.3 Å². The van der Waals surface area contributed by atoms with Crippen molar-refractivity contribution in [1.29, 1.82) is 0 Å². The van der Waals surface area contributed by atoms with Crippen LogP contribution in [0.2, 0.25) is 5.15 Å². The smallest absolute Gasteiger partial charge is 0.226 e. The molecule has 1 aromatic rings. The van der Waals surface area contributed by atoms with Crippen molar-refractivity contribution in [1.82, 2.24) is 9.97 Å². The SMILES string of the molecule is CCCc1cc(Cl)nc(N(CC)CC)n1. The zero-order chi connectivity index (χ0) is 11.3. The molecule has 84 valence electrons. The number of hydrogen-bond acceptors (Lipinski definition) is 3. The van der Waals surface area contributed by atoms with Crippen molar-refractivity contribution in [3.8, 4) is 0 Å². The highest BCUT2D eigenvalue weighted by Crippen LogP contribution is 2.14. The topological polar surface area (TPSA) is 29.0 Å². The van der Waals surface area contributed by atoms with Crippen molar-refractivity contribution < 1.29 is 0 Å². The van der Waals surface area contributed by atoms with Gasteiger partial charge in [0.15, 0.2) is 0 Å². The summed E-state index contributed by atoms with van der Waals surface area (Å²) in [4.78, 5) is 10.8. The summed E-state index contributed by atoms with van der Waals surface area (Å²) in [5.74, 6) is 0.746. The Morgan fingerprint density at radius 3 is 2.40 bits per heavy atom. The number of halogens is 1. The first-order chi connectivity index (χ1) is 7.21. The molecule has 0 aliphatic carbocycles. The zero-order valence-electron chi connectivity index (χ0n) is 9.63. The minimum Gasteiger partial charge on any atom is -0.341 e. The number of anilines is 1. The lowest BCUT2D eigenvalue weighted by molar-refractivity contribution is 0.798. The summed E-state index contributed by atoms with van der Waals surface area (Å²) in [5.41, 5.74) is 1.03. The largest absolute Gasteiger partial charge is 0.341 e. The van der Waals surface area contributed by atoms with E-state index < -0.39 is 0 Å². The van der Waals surface area contributed by atoms with Crippen molar-refractivity contribution in [2.45, 2.75) is 33.6 Å². The molecule has 0 aliphatic rings. The van der Waals surface area contributed by atoms with Gasteiger partial charge in [-0.2, -0.15) is 0 Å². The maximum atomic E-state index is 5.97. The monoisotopic (exact) mass is 227 g/mol. The molecule has 15 heavy (non-hydrogen) atoms. The Hall–Kier alpha value is -0.830. The van der Waals surface area contributed by atoms with Crippen molar-refractivity contribution in [2.24, 2.45) is 0 Å². The van der Waals surface area contributed by atoms with Gasteiger partial charge in [-0.25, -0.2) is 9.97 Å². The molecule has 4 heteroatoms. The van der Waals surface area contributed by atoms with Crippen molar-refractivity contribution in [3.05, 3.63) is 16.9 Å². The minimum absolute atomic E-state index is 0.537. The van der Waals surface area contributed by atoms with Crippen LogP contribution in [-0.2, 0) is 6.42 Å². The molecule has 0 spiro atoms. The Bertz CT molecular complexity index is 311. The Balaban J connectivity index is 2.96. The lowest BCUT2D eigenvalue weighted by Gasteiger charge is -2.19. The number of aryl methyl sites for hydroxylation is 1. The average molecular weight is 228 g/mol. The summed E-state index contributed by atoms with van der Waals surface area (Å²) in [7, 11) is 0. The lowest BCUT2D eigenvalue weighted by atomic mass is 10.2. The summed E-state index contributed by atoms with van der Waals surface area (Å²) < 4.78 is 0. The second kappa shape index (κ2) is 5.91. The standard InChI is InChI=1S/C11H18ClN3/c1-4-7-9-8-10(12)14-11(13-9)15(5-2)6-3/h8H,4-7H2,1-3H3. The summed E-state index contributed by atoms with van der Waals surface area (Å²) >= 11 is 5.97. The fraction of sp³-hybridized carbons (Fsp3) is 0.636. The maximum absolute atomic E-state index is 5.97. The first-order valence-corrected chi connectivity index (χ1v) is 5.87. The van der Waals surface area contributed by atoms with Gasteiger partial charge in [0.1, 0.15) is 5.15 Å². The van der Waals surface area contributed by atoms with Gasteiger partial charge in [-0.1, -0.05) is 24.9 Å². The molecule has 0 amide bonds. The van der Waals surface area contributed by atoms with Crippen LogP contribution in [0.3, 0.4) is 0 Å². The molecular formula is C11H18ClN3. The zero-order valence-corrected chi connectivity index (χ0v) is 10.4. The van der Waals surface area contributed by atoms with E-state index in [0.717, 1.165) is 37.6 Å². The molecule has 1 heterocycles. The molecule has 0 atom stereocenters. The molecule has 0 fully saturated rings. The quantitative estimate of drug-likeness (QED) is 0.725. The van der Waals surface area contributed by atoms with E-state index in [1.165, 1.54) is 0 Å². The third-order valence-electron chi connectivity index (χ3n) is 2.29. The minimum atomic E-state index is 0.537. The predicted molar refractivity (Wildman–Crippen MR) is 64.6 cm³/mol. The average Bonchev–Trinajstić information content (AvgIpc) is 2.19. The predicted octanol–water partition coefficient (Wildman–Crippen LogP) is 2.93. The molecule has 0 N–H and O–H groups in total. The van der Waals surface area contributed by atoms with E-state index in [0.29, 0.717) is 5.15 Å². The van der Waals surface area contributed by atoms with Gasteiger partial charge < -0.3 is 4.90 Å². The molecule has 0 unspecified atom stereocenters. The maximum Gasteiger partial charge on any atom is 0.226 e. The molecule has 0 aromatic carbocycles. The lowest BCUT2D eigenvalue weighted by Crippen LogP contribution is -2.24. The number of hydrogen-bond donors (Lipinski definition) is 0. The Morgan fingerprint density at radius 2 is 1.87 bits per heavy atom. The van der Waals surface area contributed by atoms with Crippen LogP contribution >= 0.6 is 11.6 Å². The Morgan fingerprint density at radius 1 is 1.20 bits per heavy atom. The molecule has 0 saturated carbocycles. The normalized spacial score (nSPS) is 10.4. The van der Waals surface area contributed by atoms with Crippen LogP contribution < -0.4 is 4.90 Å². The molecule has 1 rings (SSSR count). The van der Waals surface area contributed by atoms with Crippen LogP contribution in [0.15, 0.2) is 6.07 Å². The number of nitrogens with zero attached hydrogens (tertiary/aromatic N) is 3. The fourth-order valence-corrected chi connectivity index (χ4v) is 1.68. The van der Waals surface area contributed by atoms with E-state index in [1.807, 2.05) is 6.07 Å². The van der Waals surface area contributed by atoms with Crippen molar-refractivity contribution in [2.75, 3.05) is 18.0 Å². The highest BCUT2D eigenvalue weighted by Gasteiger charge is 2.08. The third-order valence-corrected chi connectivity index (χ3v) is 2.48. The van der Waals surface area contributed by atoms with Gasteiger partial charge >= 0.3 is 0 Å². The van der Waals surface area contributed by atoms with E-state index in [2.05, 4.69) is 35.6 Å². The van der Waals surface area contributed by atoms with Gasteiger partial charge in [-0.3, -0.25) is 0 Å². The van der Waals surface area contributed by atoms with Crippen molar-refractivity contribution >= 4 is 17.5 Å². The highest BCUT2D eigenvalue weighted by molar-refractivity contribution is 6.29. The van der Waals surface area contributed by atoms with Gasteiger partial charge in [-0.15, -0.1) is 0 Å². The highest BCUT2D eigenvalue weighted by atomic mass is 35.5. The summed E-state index contributed by atoms with van der Waals surface area (Å²) in [6.07, 6.45) is 2.03. The Kier molecular flexibility index (Phi) is 4.82. The molecule has 0 radical (unpaired) electrons. The number of aromatic nitrogens is 2. The van der Waals surface area contributed by atoms with Crippen LogP contribution in [0.5, 0.6) is 0 Å². The molecule has 0 saturated heterocycles. The van der Waals surface area contributed by atoms with Crippen LogP contribution in [0.1, 0.15) is 32.9 Å². The summed E-state index contributed by atoms with van der Waals surface area (Å²) in [6, 6.07) is 1.85. The molecule has 0 bridgehead atoms. The molecule has 3 nitrogen and oxygen atoms in total. The third kappa shape index (κ3) is 3.34. The summed E-state index contributed by atoms with van der Waals surface area (Å²) in [6.45, 7) is 8.12. The van der Waals surface area contributed by atoms with Crippen LogP contribution in [0.4, 0.5) is 5.95 Å². The fourth-order valence-electron chi connectivity index (χ4n) is 1.48. The van der Waals surface area contributed by atoms with E-state index in [9.17, 15) is 0 Å². The molecule has 1 aromatic heterocycles. The van der Waals surface area contributed by atoms with Crippen LogP contribution in [-0.4, -0.2) is 23.1 Å². The van der Waals surface area contributed by atoms with Gasteiger partial charge in [0.05, 0.1) is 0 Å². The molecular weight excluding hydrogens is 210 g/mol. The second-order valence-corrected chi connectivity index (χ2v) is 3.79. The van der Waals surface area contributed by atoms with E-state index in [1.54, 1.807) is 0 Å². The van der Waals surface area contributed by atoms with Gasteiger partial charge in [0.2, 0.25) is 5.95 Å². The number of rotatable bonds is 5. The van der Waals surface area contributed by atoms with Crippen LogP contribution in [0, 0.1) is 0 Å². The van der Waals surface area contributed by atoms with E-state index in [4.69, 9.17) is 11.6 Å². The van der Waals surface area contributed by atoms with E-state index in [-0.39, 0.29) is 0 Å². The van der Waals surface area contributed by atoms with E-state index >= 15 is 0 Å². The second-order valence-electron chi connectivity index (χ2n) is 3.40. The Labute approximate surface area is 96.5 Å². The van der Waals surface area contributed by atoms with Gasteiger partial charge in [0, 0.05) is 18.8 Å². The first-order valence-electron chi connectivity index (χ1n) is 5.49. The van der Waals surface area contributed by atoms with Gasteiger partial charge in [0.25, 0.3) is 0 Å². The van der Waals surface area contributed by atoms with Crippen molar-refractivity contribution in [3.63, 3.8) is 0 Å². The first kappa shape index (κ1) is 12.2. The van der Waals surface area contributed by atoms with Crippen LogP contribution in [0.25, 0.3) is 0 Å². The summed E-state index contributed by atoms with van der Waals surface area (Å²) in [5, 5.41) is 0.537. The molecule has 0 aliphatic heterocycles.